The van der Waals surface area contributed by atoms with Gasteiger partial charge in [0.05, 0.1) is 6.61 Å². The van der Waals surface area contributed by atoms with Gasteiger partial charge >= 0.3 is 0 Å². The number of hydrogen-bond acceptors (Lipinski definition) is 5. The standard InChI is InChI=1S/C22H24N4O2/c1-2-28-20-9-7-19(8-10-20)22(21(23)27,13-17-5-3-11-24-14-17)26-16-18-6-4-12-25-15-18/h3-12,14-15,26H,2,13,16H2,1H3,(H2,23,27). The zero-order chi connectivity index (χ0) is 19.8. The summed E-state index contributed by atoms with van der Waals surface area (Å²) >= 11 is 0. The lowest BCUT2D eigenvalue weighted by Gasteiger charge is -2.33. The lowest BCUT2D eigenvalue weighted by molar-refractivity contribution is -0.125. The largest absolute Gasteiger partial charge is 0.494 e. The molecule has 28 heavy (non-hydrogen) atoms. The maximum atomic E-state index is 12.8. The highest BCUT2D eigenvalue weighted by Gasteiger charge is 2.38. The van der Waals surface area contributed by atoms with E-state index in [0.717, 1.165) is 22.4 Å². The Hall–Kier alpha value is -3.25. The van der Waals surface area contributed by atoms with Crippen LogP contribution in [0.5, 0.6) is 5.75 Å². The van der Waals surface area contributed by atoms with Gasteiger partial charge in [-0.2, -0.15) is 0 Å². The maximum Gasteiger partial charge on any atom is 0.242 e. The molecule has 3 aromatic rings. The summed E-state index contributed by atoms with van der Waals surface area (Å²) in [6.45, 7) is 2.96. The molecule has 1 unspecified atom stereocenters. The molecule has 3 N–H and O–H groups in total. The number of ether oxygens (including phenoxy) is 1. The predicted molar refractivity (Wildman–Crippen MR) is 108 cm³/mol. The van der Waals surface area contributed by atoms with Crippen LogP contribution in [0.1, 0.15) is 23.6 Å². The first-order valence-electron chi connectivity index (χ1n) is 9.20. The van der Waals surface area contributed by atoms with Crippen molar-refractivity contribution in [2.24, 2.45) is 5.73 Å². The van der Waals surface area contributed by atoms with Gasteiger partial charge in [-0.1, -0.05) is 24.3 Å². The highest BCUT2D eigenvalue weighted by atomic mass is 16.5. The summed E-state index contributed by atoms with van der Waals surface area (Å²) in [4.78, 5) is 21.1. The molecule has 0 spiro atoms. The van der Waals surface area contributed by atoms with Gasteiger partial charge in [-0.3, -0.25) is 20.1 Å². The molecule has 2 heterocycles. The molecule has 0 bridgehead atoms. The van der Waals surface area contributed by atoms with Crippen molar-refractivity contribution in [2.75, 3.05) is 6.61 Å². The Bertz CT molecular complexity index is 885. The average Bonchev–Trinajstić information content (AvgIpc) is 2.73. The highest BCUT2D eigenvalue weighted by Crippen LogP contribution is 2.28. The van der Waals surface area contributed by atoms with Crippen LogP contribution >= 0.6 is 0 Å². The number of amides is 1. The van der Waals surface area contributed by atoms with E-state index in [-0.39, 0.29) is 0 Å². The molecule has 0 saturated carbocycles. The third-order valence-electron chi connectivity index (χ3n) is 4.59. The molecule has 0 radical (unpaired) electrons. The molecule has 0 aliphatic rings. The zero-order valence-electron chi connectivity index (χ0n) is 15.8. The fourth-order valence-corrected chi connectivity index (χ4v) is 3.15. The normalized spacial score (nSPS) is 12.9. The lowest BCUT2D eigenvalue weighted by Crippen LogP contribution is -2.54. The fraction of sp³-hybridized carbons (Fsp3) is 0.227. The summed E-state index contributed by atoms with van der Waals surface area (Å²) in [5, 5.41) is 3.38. The quantitative estimate of drug-likeness (QED) is 0.599. The summed E-state index contributed by atoms with van der Waals surface area (Å²) in [7, 11) is 0. The van der Waals surface area contributed by atoms with Gasteiger partial charge in [0, 0.05) is 37.8 Å². The van der Waals surface area contributed by atoms with E-state index in [0.29, 0.717) is 19.6 Å². The van der Waals surface area contributed by atoms with Gasteiger partial charge in [-0.25, -0.2) is 0 Å². The number of benzene rings is 1. The molecule has 1 aromatic carbocycles. The van der Waals surface area contributed by atoms with Gasteiger partial charge in [-0.15, -0.1) is 0 Å². The Labute approximate surface area is 164 Å². The number of primary amides is 1. The maximum absolute atomic E-state index is 12.8. The van der Waals surface area contributed by atoms with E-state index in [2.05, 4.69) is 15.3 Å². The summed E-state index contributed by atoms with van der Waals surface area (Å²) in [5.41, 5.74) is 7.50. The van der Waals surface area contributed by atoms with Crippen LogP contribution < -0.4 is 15.8 Å². The molecule has 0 saturated heterocycles. The van der Waals surface area contributed by atoms with E-state index in [1.807, 2.05) is 55.5 Å². The van der Waals surface area contributed by atoms with Crippen LogP contribution in [-0.2, 0) is 23.3 Å². The Balaban J connectivity index is 1.97. The molecule has 1 amide bonds. The third-order valence-corrected chi connectivity index (χ3v) is 4.59. The minimum atomic E-state index is -1.09. The molecule has 144 valence electrons. The summed E-state index contributed by atoms with van der Waals surface area (Å²) in [6.07, 6.45) is 7.31. The van der Waals surface area contributed by atoms with Gasteiger partial charge in [-0.05, 0) is 47.9 Å². The van der Waals surface area contributed by atoms with Crippen LogP contribution in [0.25, 0.3) is 0 Å². The average molecular weight is 376 g/mol. The summed E-state index contributed by atoms with van der Waals surface area (Å²) in [6, 6.07) is 15.1. The minimum Gasteiger partial charge on any atom is -0.494 e. The molecule has 0 aliphatic heterocycles. The number of carbonyl (C=O) groups excluding carboxylic acids is 1. The molecule has 6 heteroatoms. The van der Waals surface area contributed by atoms with E-state index in [4.69, 9.17) is 10.5 Å². The van der Waals surface area contributed by atoms with Crippen molar-refractivity contribution in [2.45, 2.75) is 25.4 Å². The van der Waals surface area contributed by atoms with Crippen LogP contribution in [-0.4, -0.2) is 22.5 Å². The van der Waals surface area contributed by atoms with E-state index in [1.165, 1.54) is 0 Å². The Kier molecular flexibility index (Phi) is 6.34. The third kappa shape index (κ3) is 4.53. The number of aromatic nitrogens is 2. The van der Waals surface area contributed by atoms with Crippen LogP contribution in [0.2, 0.25) is 0 Å². The predicted octanol–water partition coefficient (Wildman–Crippen LogP) is 2.59. The van der Waals surface area contributed by atoms with Crippen LogP contribution in [0.4, 0.5) is 0 Å². The fourth-order valence-electron chi connectivity index (χ4n) is 3.15. The van der Waals surface area contributed by atoms with Gasteiger partial charge in [0.2, 0.25) is 5.91 Å². The number of nitrogens with two attached hydrogens (primary N) is 1. The summed E-state index contributed by atoms with van der Waals surface area (Å²) in [5.74, 6) is 0.294. The Morgan fingerprint density at radius 2 is 1.68 bits per heavy atom. The molecular formula is C22H24N4O2. The Morgan fingerprint density at radius 3 is 2.21 bits per heavy atom. The van der Waals surface area contributed by atoms with Crippen molar-refractivity contribution >= 4 is 5.91 Å². The van der Waals surface area contributed by atoms with E-state index < -0.39 is 11.4 Å². The summed E-state index contributed by atoms with van der Waals surface area (Å²) < 4.78 is 5.53. The van der Waals surface area contributed by atoms with E-state index in [9.17, 15) is 4.79 Å². The molecule has 3 rings (SSSR count). The number of nitrogens with one attached hydrogen (secondary N) is 1. The van der Waals surface area contributed by atoms with Crippen molar-refractivity contribution in [1.29, 1.82) is 0 Å². The molecule has 0 fully saturated rings. The van der Waals surface area contributed by atoms with Gasteiger partial charge in [0.15, 0.2) is 0 Å². The zero-order valence-corrected chi connectivity index (χ0v) is 15.8. The van der Waals surface area contributed by atoms with Crippen LogP contribution in [0.15, 0.2) is 73.3 Å². The van der Waals surface area contributed by atoms with Gasteiger partial charge < -0.3 is 10.5 Å². The smallest absolute Gasteiger partial charge is 0.242 e. The number of nitrogens with zero attached hydrogens (tertiary/aromatic N) is 2. The number of rotatable bonds is 9. The molecule has 2 aromatic heterocycles. The van der Waals surface area contributed by atoms with E-state index >= 15 is 0 Å². The van der Waals surface area contributed by atoms with Crippen LogP contribution in [0.3, 0.4) is 0 Å². The first kappa shape index (κ1) is 19.5. The second-order valence-electron chi connectivity index (χ2n) is 6.48. The first-order valence-corrected chi connectivity index (χ1v) is 9.20. The van der Waals surface area contributed by atoms with Crippen molar-refractivity contribution < 1.29 is 9.53 Å². The SMILES string of the molecule is CCOc1ccc(C(Cc2cccnc2)(NCc2cccnc2)C(N)=O)cc1. The molecule has 0 aliphatic carbocycles. The van der Waals surface area contributed by atoms with E-state index in [1.54, 1.807) is 24.8 Å². The molecule has 1 atom stereocenters. The van der Waals surface area contributed by atoms with Crippen LogP contribution in [0, 0.1) is 0 Å². The first-order chi connectivity index (χ1) is 13.6. The topological polar surface area (TPSA) is 90.1 Å². The number of hydrogen-bond donors (Lipinski definition) is 2. The highest BCUT2D eigenvalue weighted by molar-refractivity contribution is 5.86. The van der Waals surface area contributed by atoms with Crippen molar-refractivity contribution in [3.05, 3.63) is 90.0 Å². The van der Waals surface area contributed by atoms with Crippen molar-refractivity contribution in [1.82, 2.24) is 15.3 Å². The number of pyridine rings is 2. The Morgan fingerprint density at radius 1 is 1.04 bits per heavy atom. The second-order valence-corrected chi connectivity index (χ2v) is 6.48. The van der Waals surface area contributed by atoms with Crippen molar-refractivity contribution in [3.8, 4) is 5.75 Å². The van der Waals surface area contributed by atoms with Crippen molar-refractivity contribution in [3.63, 3.8) is 0 Å². The minimum absolute atomic E-state index is 0.379. The molecule has 6 nitrogen and oxygen atoms in total. The number of carbonyl (C=O) groups is 1. The second kappa shape index (κ2) is 9.10. The van der Waals surface area contributed by atoms with Gasteiger partial charge in [0.25, 0.3) is 0 Å². The lowest BCUT2D eigenvalue weighted by atomic mass is 9.83. The van der Waals surface area contributed by atoms with Gasteiger partial charge in [0.1, 0.15) is 11.3 Å². The molecular weight excluding hydrogens is 352 g/mol. The monoisotopic (exact) mass is 376 g/mol.